The standard InChI is InChI=1S/C40H59BN2O5Si/c1-38(2,3)49(9,10)46-35-21-18-30(19-22-35)37(44)43(34-13-11-12-33(25-34)41-47-39(4,5)40(6,7)48-41)27-28-14-16-29(17-15-28)31-20-23-36(45-8)32(24-31)26-42/h11-13,20,23-25,28-30,35H,14-19,21-22,27H2,1-10H3. The maximum atomic E-state index is 14.6. The monoisotopic (exact) mass is 686 g/mol. The van der Waals surface area contributed by atoms with Crippen LogP contribution < -0.4 is 15.1 Å². The number of methoxy groups -OCH3 is 1. The molecule has 9 heteroatoms. The van der Waals surface area contributed by atoms with Gasteiger partial charge in [0.25, 0.3) is 0 Å². The molecule has 0 aromatic heterocycles. The summed E-state index contributed by atoms with van der Waals surface area (Å²) >= 11 is 0. The van der Waals surface area contributed by atoms with Crippen LogP contribution in [0.5, 0.6) is 5.75 Å². The lowest BCUT2D eigenvalue weighted by molar-refractivity contribution is -0.124. The van der Waals surface area contributed by atoms with E-state index in [-0.39, 0.29) is 23.0 Å². The first-order valence-corrected chi connectivity index (χ1v) is 21.4. The minimum atomic E-state index is -1.87. The van der Waals surface area contributed by atoms with Gasteiger partial charge in [-0.3, -0.25) is 4.79 Å². The summed E-state index contributed by atoms with van der Waals surface area (Å²) in [5.41, 5.74) is 2.78. The Morgan fingerprint density at radius 3 is 2.16 bits per heavy atom. The molecule has 1 heterocycles. The minimum Gasteiger partial charge on any atom is -0.495 e. The molecular formula is C40H59BN2O5Si. The van der Waals surface area contributed by atoms with Crippen molar-refractivity contribution < 1.29 is 23.3 Å². The van der Waals surface area contributed by atoms with Gasteiger partial charge in [-0.2, -0.15) is 5.26 Å². The molecule has 2 aromatic rings. The number of rotatable bonds is 9. The number of anilines is 1. The maximum absolute atomic E-state index is 14.6. The predicted molar refractivity (Wildman–Crippen MR) is 201 cm³/mol. The van der Waals surface area contributed by atoms with Gasteiger partial charge in [-0.15, -0.1) is 0 Å². The summed E-state index contributed by atoms with van der Waals surface area (Å²) in [6.07, 6.45) is 7.96. The van der Waals surface area contributed by atoms with Crippen LogP contribution in [0.25, 0.3) is 0 Å². The third kappa shape index (κ3) is 8.30. The highest BCUT2D eigenvalue weighted by Crippen LogP contribution is 2.42. The van der Waals surface area contributed by atoms with Crippen molar-refractivity contribution in [1.29, 1.82) is 5.26 Å². The average molecular weight is 687 g/mol. The second-order valence-corrected chi connectivity index (χ2v) is 22.0. The number of benzene rings is 2. The Morgan fingerprint density at radius 2 is 1.59 bits per heavy atom. The number of hydrogen-bond donors (Lipinski definition) is 0. The molecule has 3 aliphatic rings. The van der Waals surface area contributed by atoms with E-state index in [4.69, 9.17) is 18.5 Å². The topological polar surface area (TPSA) is 81.0 Å². The number of ether oxygens (including phenoxy) is 1. The van der Waals surface area contributed by atoms with Crippen LogP contribution >= 0.6 is 0 Å². The number of hydrogen-bond acceptors (Lipinski definition) is 6. The van der Waals surface area contributed by atoms with Gasteiger partial charge in [0.1, 0.15) is 11.8 Å². The molecule has 266 valence electrons. The first-order valence-electron chi connectivity index (χ1n) is 18.5. The summed E-state index contributed by atoms with van der Waals surface area (Å²) in [7, 11) is -0.745. The molecule has 0 unspecified atom stereocenters. The second-order valence-electron chi connectivity index (χ2n) is 17.3. The lowest BCUT2D eigenvalue weighted by Gasteiger charge is -2.41. The Morgan fingerprint density at radius 1 is 0.959 bits per heavy atom. The van der Waals surface area contributed by atoms with Gasteiger partial charge in [0, 0.05) is 24.3 Å². The number of carbonyl (C=O) groups excluding carboxylic acids is 1. The van der Waals surface area contributed by atoms with E-state index in [1.54, 1.807) is 7.11 Å². The molecule has 2 saturated carbocycles. The van der Waals surface area contributed by atoms with Crippen molar-refractivity contribution in [3.05, 3.63) is 53.6 Å². The van der Waals surface area contributed by atoms with Crippen molar-refractivity contribution in [2.75, 3.05) is 18.6 Å². The highest BCUT2D eigenvalue weighted by Gasteiger charge is 2.52. The van der Waals surface area contributed by atoms with E-state index in [0.717, 1.165) is 62.5 Å². The first-order chi connectivity index (χ1) is 22.9. The lowest BCUT2D eigenvalue weighted by atomic mass is 9.77. The van der Waals surface area contributed by atoms with Crippen molar-refractivity contribution in [2.45, 2.75) is 141 Å². The van der Waals surface area contributed by atoms with Gasteiger partial charge < -0.3 is 23.4 Å². The van der Waals surface area contributed by atoms with E-state index in [1.807, 2.05) is 24.3 Å². The Balaban J connectivity index is 1.32. The number of carbonyl (C=O) groups is 1. The van der Waals surface area contributed by atoms with Crippen LogP contribution in [0.15, 0.2) is 42.5 Å². The van der Waals surface area contributed by atoms with Gasteiger partial charge in [0.05, 0.1) is 23.9 Å². The molecule has 1 amide bonds. The van der Waals surface area contributed by atoms with Crippen LogP contribution in [-0.2, 0) is 18.5 Å². The van der Waals surface area contributed by atoms with E-state index in [1.165, 1.54) is 5.56 Å². The zero-order valence-electron chi connectivity index (χ0n) is 31.7. The predicted octanol–water partition coefficient (Wildman–Crippen LogP) is 8.75. The molecule has 0 radical (unpaired) electrons. The maximum Gasteiger partial charge on any atom is 0.494 e. The van der Waals surface area contributed by atoms with E-state index >= 15 is 0 Å². The molecule has 5 rings (SSSR count). The largest absolute Gasteiger partial charge is 0.495 e. The van der Waals surface area contributed by atoms with Crippen molar-refractivity contribution >= 4 is 32.5 Å². The molecule has 1 aliphatic heterocycles. The smallest absolute Gasteiger partial charge is 0.494 e. The number of nitriles is 1. The zero-order valence-corrected chi connectivity index (χ0v) is 32.7. The van der Waals surface area contributed by atoms with E-state index in [2.05, 4.69) is 90.7 Å². The highest BCUT2D eigenvalue weighted by molar-refractivity contribution is 6.74. The summed E-state index contributed by atoms with van der Waals surface area (Å²) in [5.74, 6) is 1.64. The van der Waals surface area contributed by atoms with Crippen LogP contribution in [-0.4, -0.2) is 52.3 Å². The van der Waals surface area contributed by atoms with Crippen molar-refractivity contribution in [3.63, 3.8) is 0 Å². The van der Waals surface area contributed by atoms with Crippen LogP contribution in [0, 0.1) is 23.2 Å². The van der Waals surface area contributed by atoms with Crippen molar-refractivity contribution in [1.82, 2.24) is 0 Å². The van der Waals surface area contributed by atoms with Crippen LogP contribution in [0.4, 0.5) is 5.69 Å². The van der Waals surface area contributed by atoms with Crippen LogP contribution in [0.2, 0.25) is 18.1 Å². The normalized spacial score (nSPS) is 25.4. The Hall–Kier alpha value is -2.64. The average Bonchev–Trinajstić information content (AvgIpc) is 3.29. The molecule has 0 spiro atoms. The molecular weight excluding hydrogens is 627 g/mol. The molecule has 49 heavy (non-hydrogen) atoms. The molecule has 0 atom stereocenters. The molecule has 2 aromatic carbocycles. The highest BCUT2D eigenvalue weighted by atomic mass is 28.4. The fraction of sp³-hybridized carbons (Fsp3) is 0.650. The third-order valence-corrected chi connectivity index (χ3v) is 16.9. The van der Waals surface area contributed by atoms with Crippen LogP contribution in [0.1, 0.15) is 117 Å². The van der Waals surface area contributed by atoms with E-state index in [0.29, 0.717) is 29.7 Å². The van der Waals surface area contributed by atoms with Gasteiger partial charge in [-0.25, -0.2) is 0 Å². The number of amides is 1. The summed E-state index contributed by atoms with van der Waals surface area (Å²) in [6.45, 7) is 20.5. The summed E-state index contributed by atoms with van der Waals surface area (Å²) in [5, 5.41) is 9.80. The zero-order chi connectivity index (χ0) is 35.8. The molecule has 0 N–H and O–H groups in total. The van der Waals surface area contributed by atoms with Gasteiger partial charge in [0.15, 0.2) is 8.32 Å². The van der Waals surface area contributed by atoms with E-state index in [9.17, 15) is 10.1 Å². The van der Waals surface area contributed by atoms with Gasteiger partial charge >= 0.3 is 7.12 Å². The quantitative estimate of drug-likeness (QED) is 0.246. The molecule has 7 nitrogen and oxygen atoms in total. The van der Waals surface area contributed by atoms with E-state index < -0.39 is 26.6 Å². The fourth-order valence-electron chi connectivity index (χ4n) is 7.39. The Bertz CT molecular complexity index is 1500. The molecule has 1 saturated heterocycles. The lowest BCUT2D eigenvalue weighted by Crippen LogP contribution is -2.46. The van der Waals surface area contributed by atoms with Gasteiger partial charge in [-0.05, 0) is 144 Å². The van der Waals surface area contributed by atoms with Crippen molar-refractivity contribution in [2.24, 2.45) is 11.8 Å². The summed E-state index contributed by atoms with van der Waals surface area (Å²) < 4.78 is 25.0. The minimum absolute atomic E-state index is 0.0141. The first kappa shape index (κ1) is 37.6. The fourth-order valence-corrected chi connectivity index (χ4v) is 8.81. The third-order valence-electron chi connectivity index (χ3n) is 12.4. The SMILES string of the molecule is COc1ccc(C2CCC(CN(C(=O)C3CCC(O[Si](C)(C)C(C)(C)C)CC3)c3cccc(B4OC(C)(C)C(C)(C)O4)c3)CC2)cc1C#N. The Labute approximate surface area is 297 Å². The van der Waals surface area contributed by atoms with Gasteiger partial charge in [0.2, 0.25) is 5.91 Å². The summed E-state index contributed by atoms with van der Waals surface area (Å²) in [4.78, 5) is 16.7. The summed E-state index contributed by atoms with van der Waals surface area (Å²) in [6, 6.07) is 16.6. The molecule has 3 fully saturated rings. The second kappa shape index (κ2) is 14.5. The van der Waals surface area contributed by atoms with Gasteiger partial charge in [-0.1, -0.05) is 39.0 Å². The Kier molecular flexibility index (Phi) is 11.2. The molecule has 2 aliphatic carbocycles. The van der Waals surface area contributed by atoms with Crippen molar-refractivity contribution in [3.8, 4) is 11.8 Å². The number of nitrogens with zero attached hydrogens (tertiary/aromatic N) is 2. The van der Waals surface area contributed by atoms with Crippen LogP contribution in [0.3, 0.4) is 0 Å². The molecule has 0 bridgehead atoms.